The number of likely N-dealkylation sites (tertiary alicyclic amines) is 1. The monoisotopic (exact) mass is 301 g/mol. The van der Waals surface area contributed by atoms with Crippen molar-refractivity contribution in [3.8, 4) is 0 Å². The molecular weight excluding hydrogens is 274 g/mol. The Hall–Kier alpha value is -1.39. The first-order valence-corrected chi connectivity index (χ1v) is 8.32. The number of nitrogens with zero attached hydrogens (tertiary/aromatic N) is 3. The molecule has 1 aromatic carbocycles. The van der Waals surface area contributed by atoms with Crippen LogP contribution in [0.25, 0.3) is 11.0 Å². The average molecular weight is 301 g/mol. The topological polar surface area (TPSA) is 30.3 Å². The van der Waals surface area contributed by atoms with E-state index in [9.17, 15) is 0 Å². The molecule has 1 aliphatic rings. The first kappa shape index (κ1) is 15.5. The molecule has 4 heteroatoms. The third-order valence-corrected chi connectivity index (χ3v) is 4.42. The minimum absolute atomic E-state index is 0.621. The molecule has 0 radical (unpaired) electrons. The van der Waals surface area contributed by atoms with E-state index in [0.717, 1.165) is 38.3 Å². The minimum Gasteiger partial charge on any atom is -0.384 e. The summed E-state index contributed by atoms with van der Waals surface area (Å²) in [6.07, 6.45) is 1.23. The molecule has 0 amide bonds. The number of methoxy groups -OCH3 is 1. The number of hydrogen-bond donors (Lipinski definition) is 0. The molecule has 4 nitrogen and oxygen atoms in total. The molecule has 0 bridgehead atoms. The molecule has 1 saturated heterocycles. The molecule has 2 aromatic rings. The lowest BCUT2D eigenvalue weighted by molar-refractivity contribution is 0.152. The lowest BCUT2D eigenvalue weighted by Crippen LogP contribution is -2.24. The van der Waals surface area contributed by atoms with E-state index in [1.54, 1.807) is 7.11 Å². The fourth-order valence-electron chi connectivity index (χ4n) is 3.44. The van der Waals surface area contributed by atoms with Gasteiger partial charge in [0.2, 0.25) is 0 Å². The zero-order chi connectivity index (χ0) is 15.5. The molecule has 1 fully saturated rings. The van der Waals surface area contributed by atoms with E-state index in [0.29, 0.717) is 11.8 Å². The van der Waals surface area contributed by atoms with Gasteiger partial charge in [0.05, 0.1) is 24.2 Å². The third kappa shape index (κ3) is 3.33. The van der Waals surface area contributed by atoms with Crippen LogP contribution in [0.4, 0.5) is 0 Å². The van der Waals surface area contributed by atoms with E-state index < -0.39 is 0 Å². The molecule has 1 atom stereocenters. The summed E-state index contributed by atoms with van der Waals surface area (Å²) in [5.41, 5.74) is 2.38. The Labute approximate surface area is 133 Å². The summed E-state index contributed by atoms with van der Waals surface area (Å²) in [4.78, 5) is 7.41. The number of aromatic nitrogens is 2. The first-order valence-electron chi connectivity index (χ1n) is 8.32. The van der Waals surface area contributed by atoms with Crippen LogP contribution in [0.3, 0.4) is 0 Å². The largest absolute Gasteiger partial charge is 0.384 e. The quantitative estimate of drug-likeness (QED) is 0.821. The van der Waals surface area contributed by atoms with Crippen molar-refractivity contribution in [1.82, 2.24) is 14.5 Å². The zero-order valence-corrected chi connectivity index (χ0v) is 14.0. The SMILES string of the molecule is COCC1CCN(Cc2nc3ccccc3n2CC(C)C)C1. The van der Waals surface area contributed by atoms with E-state index in [4.69, 9.17) is 9.72 Å². The van der Waals surface area contributed by atoms with Crippen LogP contribution in [0, 0.1) is 11.8 Å². The highest BCUT2D eigenvalue weighted by molar-refractivity contribution is 5.75. The van der Waals surface area contributed by atoms with E-state index in [2.05, 4.69) is 47.6 Å². The van der Waals surface area contributed by atoms with E-state index in [1.165, 1.54) is 17.8 Å². The summed E-state index contributed by atoms with van der Waals surface area (Å²) in [6, 6.07) is 8.48. The van der Waals surface area contributed by atoms with Crippen molar-refractivity contribution in [2.24, 2.45) is 11.8 Å². The Balaban J connectivity index is 1.81. The standard InChI is InChI=1S/C18H27N3O/c1-14(2)10-21-17-7-5-4-6-16(17)19-18(21)12-20-9-8-15(11-20)13-22-3/h4-7,14-15H,8-13H2,1-3H3. The van der Waals surface area contributed by atoms with Gasteiger partial charge < -0.3 is 9.30 Å². The molecule has 0 spiro atoms. The second-order valence-electron chi connectivity index (χ2n) is 6.87. The van der Waals surface area contributed by atoms with Crippen LogP contribution in [0.15, 0.2) is 24.3 Å². The summed E-state index contributed by atoms with van der Waals surface area (Å²) in [7, 11) is 1.80. The summed E-state index contributed by atoms with van der Waals surface area (Å²) in [6.45, 7) is 9.66. The van der Waals surface area contributed by atoms with Crippen molar-refractivity contribution < 1.29 is 4.74 Å². The summed E-state index contributed by atoms with van der Waals surface area (Å²) in [5, 5.41) is 0. The van der Waals surface area contributed by atoms with Crippen LogP contribution in [0.2, 0.25) is 0 Å². The van der Waals surface area contributed by atoms with Crippen molar-refractivity contribution in [3.63, 3.8) is 0 Å². The van der Waals surface area contributed by atoms with Gasteiger partial charge in [-0.2, -0.15) is 0 Å². The van der Waals surface area contributed by atoms with Crippen molar-refractivity contribution in [1.29, 1.82) is 0 Å². The Morgan fingerprint density at radius 1 is 1.32 bits per heavy atom. The summed E-state index contributed by atoms with van der Waals surface area (Å²) < 4.78 is 7.71. The minimum atomic E-state index is 0.621. The molecule has 3 rings (SSSR count). The Kier molecular flexibility index (Phi) is 4.79. The number of para-hydroxylation sites is 2. The van der Waals surface area contributed by atoms with E-state index in [1.807, 2.05) is 0 Å². The van der Waals surface area contributed by atoms with Gasteiger partial charge in [0.15, 0.2) is 0 Å². The first-order chi connectivity index (χ1) is 10.7. The molecule has 2 heterocycles. The summed E-state index contributed by atoms with van der Waals surface area (Å²) in [5.74, 6) is 2.50. The second kappa shape index (κ2) is 6.80. The van der Waals surface area contributed by atoms with Gasteiger partial charge in [-0.15, -0.1) is 0 Å². The van der Waals surface area contributed by atoms with Gasteiger partial charge in [0.25, 0.3) is 0 Å². The van der Waals surface area contributed by atoms with Crippen LogP contribution in [-0.4, -0.2) is 41.3 Å². The predicted molar refractivity (Wildman–Crippen MR) is 89.8 cm³/mol. The Morgan fingerprint density at radius 2 is 2.14 bits per heavy atom. The normalized spacial score (nSPS) is 19.5. The van der Waals surface area contributed by atoms with Crippen molar-refractivity contribution in [2.75, 3.05) is 26.8 Å². The number of imidazole rings is 1. The van der Waals surface area contributed by atoms with E-state index >= 15 is 0 Å². The van der Waals surface area contributed by atoms with Gasteiger partial charge in [-0.3, -0.25) is 4.90 Å². The number of ether oxygens (including phenoxy) is 1. The Morgan fingerprint density at radius 3 is 2.91 bits per heavy atom. The maximum atomic E-state index is 5.30. The van der Waals surface area contributed by atoms with Crippen LogP contribution in [-0.2, 0) is 17.8 Å². The highest BCUT2D eigenvalue weighted by Gasteiger charge is 2.24. The molecule has 1 aromatic heterocycles. The average Bonchev–Trinajstić information content (AvgIpc) is 3.05. The van der Waals surface area contributed by atoms with Gasteiger partial charge in [0, 0.05) is 20.2 Å². The summed E-state index contributed by atoms with van der Waals surface area (Å²) >= 11 is 0. The fraction of sp³-hybridized carbons (Fsp3) is 0.611. The molecule has 0 aliphatic carbocycles. The van der Waals surface area contributed by atoms with Gasteiger partial charge in [-0.25, -0.2) is 4.98 Å². The molecule has 0 N–H and O–H groups in total. The van der Waals surface area contributed by atoms with Crippen LogP contribution >= 0.6 is 0 Å². The van der Waals surface area contributed by atoms with Gasteiger partial charge in [-0.05, 0) is 36.9 Å². The smallest absolute Gasteiger partial charge is 0.124 e. The lowest BCUT2D eigenvalue weighted by Gasteiger charge is -2.18. The molecule has 1 aliphatic heterocycles. The predicted octanol–water partition coefficient (Wildman–Crippen LogP) is 3.16. The molecule has 120 valence electrons. The highest BCUT2D eigenvalue weighted by atomic mass is 16.5. The zero-order valence-electron chi connectivity index (χ0n) is 14.0. The number of benzene rings is 1. The second-order valence-corrected chi connectivity index (χ2v) is 6.87. The highest BCUT2D eigenvalue weighted by Crippen LogP contribution is 2.22. The molecule has 1 unspecified atom stereocenters. The van der Waals surface area contributed by atoms with Crippen molar-refractivity contribution in [2.45, 2.75) is 33.4 Å². The van der Waals surface area contributed by atoms with E-state index in [-0.39, 0.29) is 0 Å². The molecule has 22 heavy (non-hydrogen) atoms. The fourth-order valence-corrected chi connectivity index (χ4v) is 3.44. The van der Waals surface area contributed by atoms with Crippen LogP contribution in [0.5, 0.6) is 0 Å². The van der Waals surface area contributed by atoms with Crippen molar-refractivity contribution >= 4 is 11.0 Å². The number of hydrogen-bond acceptors (Lipinski definition) is 3. The van der Waals surface area contributed by atoms with Gasteiger partial charge >= 0.3 is 0 Å². The van der Waals surface area contributed by atoms with Gasteiger partial charge in [-0.1, -0.05) is 26.0 Å². The third-order valence-electron chi connectivity index (χ3n) is 4.42. The molecular formula is C18H27N3O. The van der Waals surface area contributed by atoms with Crippen LogP contribution in [0.1, 0.15) is 26.1 Å². The molecule has 0 saturated carbocycles. The Bertz CT molecular complexity index is 620. The number of fused-ring (bicyclic) bond motifs is 1. The van der Waals surface area contributed by atoms with Crippen LogP contribution < -0.4 is 0 Å². The van der Waals surface area contributed by atoms with Crippen molar-refractivity contribution in [3.05, 3.63) is 30.1 Å². The lowest BCUT2D eigenvalue weighted by atomic mass is 10.1. The number of rotatable bonds is 6. The maximum Gasteiger partial charge on any atom is 0.124 e. The maximum absolute atomic E-state index is 5.30. The van der Waals surface area contributed by atoms with Gasteiger partial charge in [0.1, 0.15) is 5.82 Å².